The number of benzene rings is 1. The fourth-order valence-electron chi connectivity index (χ4n) is 6.11. The van der Waals surface area contributed by atoms with Crippen LogP contribution >= 0.6 is 0 Å². The minimum Gasteiger partial charge on any atom is -0.375 e. The highest BCUT2D eigenvalue weighted by Gasteiger charge is 2.48. The SMILES string of the molecule is O=C(NC1CCN(CC2CCCCCC2)CC1)C(O)(c1ccccc1F)C1CCCC1. The summed E-state index contributed by atoms with van der Waals surface area (Å²) in [5.74, 6) is -0.307. The van der Waals surface area contributed by atoms with Crippen LogP contribution in [0.3, 0.4) is 0 Å². The molecule has 2 saturated carbocycles. The highest BCUT2D eigenvalue weighted by Crippen LogP contribution is 2.42. The Morgan fingerprint density at radius 1 is 0.968 bits per heavy atom. The van der Waals surface area contributed by atoms with Crippen LogP contribution < -0.4 is 5.32 Å². The average molecular weight is 431 g/mol. The summed E-state index contributed by atoms with van der Waals surface area (Å²) in [6, 6.07) is 6.28. The van der Waals surface area contributed by atoms with Crippen molar-refractivity contribution < 1.29 is 14.3 Å². The average Bonchev–Trinajstić information content (AvgIpc) is 3.21. The smallest absolute Gasteiger partial charge is 0.257 e. The summed E-state index contributed by atoms with van der Waals surface area (Å²) in [7, 11) is 0. The first-order chi connectivity index (χ1) is 15.1. The van der Waals surface area contributed by atoms with Gasteiger partial charge < -0.3 is 15.3 Å². The molecule has 1 unspecified atom stereocenters. The lowest BCUT2D eigenvalue weighted by Crippen LogP contribution is -2.54. The largest absolute Gasteiger partial charge is 0.375 e. The summed E-state index contributed by atoms with van der Waals surface area (Å²) in [6.45, 7) is 3.16. The maximum Gasteiger partial charge on any atom is 0.257 e. The summed E-state index contributed by atoms with van der Waals surface area (Å²) < 4.78 is 14.6. The maximum absolute atomic E-state index is 14.6. The van der Waals surface area contributed by atoms with Gasteiger partial charge in [0, 0.05) is 37.2 Å². The molecule has 4 nitrogen and oxygen atoms in total. The first-order valence-corrected chi connectivity index (χ1v) is 12.6. The second-order valence-electron chi connectivity index (χ2n) is 10.1. The minimum absolute atomic E-state index is 0.0533. The Morgan fingerprint density at radius 3 is 2.23 bits per heavy atom. The molecule has 2 aliphatic carbocycles. The van der Waals surface area contributed by atoms with Gasteiger partial charge in [0.2, 0.25) is 0 Å². The van der Waals surface area contributed by atoms with E-state index in [1.54, 1.807) is 18.2 Å². The van der Waals surface area contributed by atoms with Crippen molar-refractivity contribution in [3.05, 3.63) is 35.6 Å². The molecule has 0 radical (unpaired) electrons. The van der Waals surface area contributed by atoms with Gasteiger partial charge in [0.15, 0.2) is 5.60 Å². The van der Waals surface area contributed by atoms with Gasteiger partial charge in [-0.2, -0.15) is 0 Å². The van der Waals surface area contributed by atoms with Gasteiger partial charge in [0.05, 0.1) is 0 Å². The molecule has 172 valence electrons. The summed E-state index contributed by atoms with van der Waals surface area (Å²) >= 11 is 0. The number of piperidine rings is 1. The molecule has 1 aromatic carbocycles. The lowest BCUT2D eigenvalue weighted by Gasteiger charge is -2.38. The van der Waals surface area contributed by atoms with Crippen molar-refractivity contribution in [3.8, 4) is 0 Å². The number of nitrogens with one attached hydrogen (secondary N) is 1. The minimum atomic E-state index is -1.78. The van der Waals surface area contributed by atoms with E-state index >= 15 is 0 Å². The summed E-state index contributed by atoms with van der Waals surface area (Å²) in [5, 5.41) is 14.7. The number of amides is 1. The molecule has 1 heterocycles. The lowest BCUT2D eigenvalue weighted by molar-refractivity contribution is -0.149. The van der Waals surface area contributed by atoms with Crippen LogP contribution in [0.2, 0.25) is 0 Å². The first-order valence-electron chi connectivity index (χ1n) is 12.6. The van der Waals surface area contributed by atoms with Crippen LogP contribution in [-0.4, -0.2) is 41.6 Å². The van der Waals surface area contributed by atoms with Gasteiger partial charge >= 0.3 is 0 Å². The molecule has 1 saturated heterocycles. The topological polar surface area (TPSA) is 52.6 Å². The van der Waals surface area contributed by atoms with Crippen LogP contribution in [0.25, 0.3) is 0 Å². The van der Waals surface area contributed by atoms with Crippen molar-refractivity contribution in [1.29, 1.82) is 0 Å². The normalized spacial score (nSPS) is 24.6. The highest BCUT2D eigenvalue weighted by molar-refractivity contribution is 5.87. The van der Waals surface area contributed by atoms with Crippen molar-refractivity contribution in [3.63, 3.8) is 0 Å². The zero-order valence-electron chi connectivity index (χ0n) is 18.8. The number of carbonyl (C=O) groups excluding carboxylic acids is 1. The van der Waals surface area contributed by atoms with Crippen LogP contribution in [0.15, 0.2) is 24.3 Å². The molecule has 31 heavy (non-hydrogen) atoms. The third kappa shape index (κ3) is 5.31. The predicted octanol–water partition coefficient (Wildman–Crippen LogP) is 4.75. The van der Waals surface area contributed by atoms with Crippen LogP contribution in [0.5, 0.6) is 0 Å². The Hall–Kier alpha value is -1.46. The van der Waals surface area contributed by atoms with Crippen LogP contribution in [0.1, 0.15) is 82.6 Å². The molecule has 1 aromatic rings. The van der Waals surface area contributed by atoms with Crippen LogP contribution in [0.4, 0.5) is 4.39 Å². The fraction of sp³-hybridized carbons (Fsp3) is 0.731. The van der Waals surface area contributed by atoms with Crippen molar-refractivity contribution >= 4 is 5.91 Å². The summed E-state index contributed by atoms with van der Waals surface area (Å²) in [5.41, 5.74) is -1.65. The predicted molar refractivity (Wildman–Crippen MR) is 121 cm³/mol. The number of likely N-dealkylation sites (tertiary alicyclic amines) is 1. The number of halogens is 1. The number of hydrogen-bond donors (Lipinski definition) is 2. The van der Waals surface area contributed by atoms with Gasteiger partial charge in [0.25, 0.3) is 5.91 Å². The maximum atomic E-state index is 14.6. The third-order valence-electron chi connectivity index (χ3n) is 7.99. The van der Waals surface area contributed by atoms with Gasteiger partial charge in [-0.1, -0.05) is 56.7 Å². The molecule has 1 aliphatic heterocycles. The van der Waals surface area contributed by atoms with E-state index in [-0.39, 0.29) is 17.5 Å². The zero-order valence-corrected chi connectivity index (χ0v) is 18.8. The Bertz CT molecular complexity index is 720. The standard InChI is InChI=1S/C26H39FN2O2/c27-24-14-8-7-13-23(24)26(31,21-11-5-6-12-21)25(30)28-22-15-17-29(18-16-22)19-20-9-3-1-2-4-10-20/h7-8,13-14,20-22,31H,1-6,9-12,15-19H2,(H,28,30). The van der Waals surface area contributed by atoms with Gasteiger partial charge in [-0.15, -0.1) is 0 Å². The van der Waals surface area contributed by atoms with Crippen molar-refractivity contribution in [2.75, 3.05) is 19.6 Å². The number of carbonyl (C=O) groups is 1. The van der Waals surface area contributed by atoms with Crippen molar-refractivity contribution in [2.45, 2.75) is 88.7 Å². The van der Waals surface area contributed by atoms with E-state index in [2.05, 4.69) is 10.2 Å². The number of nitrogens with zero attached hydrogens (tertiary/aromatic N) is 1. The van der Waals surface area contributed by atoms with Gasteiger partial charge in [-0.05, 0) is 50.5 Å². The Labute approximate surface area is 186 Å². The van der Waals surface area contributed by atoms with Crippen molar-refractivity contribution in [1.82, 2.24) is 10.2 Å². The third-order valence-corrected chi connectivity index (χ3v) is 7.99. The zero-order chi connectivity index (χ0) is 21.7. The summed E-state index contributed by atoms with van der Waals surface area (Å²) in [4.78, 5) is 15.9. The van der Waals surface area contributed by atoms with Crippen LogP contribution in [0, 0.1) is 17.7 Å². The van der Waals surface area contributed by atoms with E-state index in [4.69, 9.17) is 0 Å². The number of rotatable bonds is 6. The molecule has 2 N–H and O–H groups in total. The molecule has 3 aliphatic rings. The fourth-order valence-corrected chi connectivity index (χ4v) is 6.11. The molecule has 0 spiro atoms. The molecule has 1 amide bonds. The molecule has 0 bridgehead atoms. The second kappa shape index (κ2) is 10.4. The summed E-state index contributed by atoms with van der Waals surface area (Å²) in [6.07, 6.45) is 13.5. The van der Waals surface area contributed by atoms with Gasteiger partial charge in [-0.25, -0.2) is 4.39 Å². The molecule has 4 rings (SSSR count). The van der Waals surface area contributed by atoms with E-state index in [9.17, 15) is 14.3 Å². The second-order valence-corrected chi connectivity index (χ2v) is 10.1. The Balaban J connectivity index is 1.36. The molecular weight excluding hydrogens is 391 g/mol. The van der Waals surface area contributed by atoms with Gasteiger partial charge in [-0.3, -0.25) is 4.79 Å². The Morgan fingerprint density at radius 2 is 1.58 bits per heavy atom. The van der Waals surface area contributed by atoms with Crippen LogP contribution in [-0.2, 0) is 10.4 Å². The Kier molecular flexibility index (Phi) is 7.65. The molecular formula is C26H39FN2O2. The highest BCUT2D eigenvalue weighted by atomic mass is 19.1. The number of aliphatic hydroxyl groups is 1. The molecule has 0 aromatic heterocycles. The quantitative estimate of drug-likeness (QED) is 0.640. The van der Waals surface area contributed by atoms with E-state index in [1.165, 1.54) is 51.1 Å². The monoisotopic (exact) mass is 430 g/mol. The van der Waals surface area contributed by atoms with Crippen molar-refractivity contribution in [2.24, 2.45) is 11.8 Å². The molecule has 5 heteroatoms. The van der Waals surface area contributed by atoms with E-state index in [0.29, 0.717) is 0 Å². The number of hydrogen-bond acceptors (Lipinski definition) is 3. The van der Waals surface area contributed by atoms with Gasteiger partial charge in [0.1, 0.15) is 5.82 Å². The molecule has 3 fully saturated rings. The first kappa shape index (κ1) is 22.7. The lowest BCUT2D eigenvalue weighted by atomic mass is 9.78. The molecule has 1 atom stereocenters. The van der Waals surface area contributed by atoms with E-state index in [1.807, 2.05) is 0 Å². The van der Waals surface area contributed by atoms with E-state index in [0.717, 1.165) is 57.5 Å². The van der Waals surface area contributed by atoms with E-state index < -0.39 is 17.3 Å².